The van der Waals surface area contributed by atoms with Gasteiger partial charge in [0.25, 0.3) is 0 Å². The summed E-state index contributed by atoms with van der Waals surface area (Å²) in [6.45, 7) is 5.53. The zero-order valence-electron chi connectivity index (χ0n) is 10.2. The number of hydrogen-bond donors (Lipinski definition) is 1. The third kappa shape index (κ3) is 2.11. The summed E-state index contributed by atoms with van der Waals surface area (Å²) in [6.07, 6.45) is 2.71. The van der Waals surface area contributed by atoms with E-state index < -0.39 is 5.67 Å². The summed E-state index contributed by atoms with van der Waals surface area (Å²) in [5.41, 5.74) is -1.57. The minimum atomic E-state index is -1.42. The van der Waals surface area contributed by atoms with Crippen LogP contribution in [0, 0.1) is 0 Å². The highest BCUT2D eigenvalue weighted by atomic mass is 19.1. The molecule has 0 aliphatic carbocycles. The molecule has 0 bridgehead atoms. The van der Waals surface area contributed by atoms with E-state index in [1.807, 2.05) is 13.8 Å². The smallest absolute Gasteiger partial charge is 0.148 e. The molecule has 0 aromatic heterocycles. The number of ether oxygens (including phenoxy) is 1. The summed E-state index contributed by atoms with van der Waals surface area (Å²) in [5, 5.41) is 9.13. The van der Waals surface area contributed by atoms with E-state index in [-0.39, 0.29) is 18.2 Å². The molecule has 2 heterocycles. The van der Waals surface area contributed by atoms with Crippen molar-refractivity contribution in [3.63, 3.8) is 0 Å². The highest BCUT2D eigenvalue weighted by Crippen LogP contribution is 2.45. The molecule has 2 aliphatic rings. The summed E-state index contributed by atoms with van der Waals surface area (Å²) in [5.74, 6) is 0. The van der Waals surface area contributed by atoms with Gasteiger partial charge in [0, 0.05) is 18.5 Å². The number of halogens is 1. The Bertz CT molecular complexity index is 261. The van der Waals surface area contributed by atoms with Crippen LogP contribution in [0.4, 0.5) is 4.39 Å². The van der Waals surface area contributed by atoms with Crippen LogP contribution in [0.5, 0.6) is 0 Å². The zero-order valence-corrected chi connectivity index (χ0v) is 10.2. The van der Waals surface area contributed by atoms with Gasteiger partial charge in [0.15, 0.2) is 0 Å². The van der Waals surface area contributed by atoms with Gasteiger partial charge in [0.2, 0.25) is 0 Å². The second-order valence-electron chi connectivity index (χ2n) is 5.59. The van der Waals surface area contributed by atoms with Gasteiger partial charge in [0.05, 0.1) is 19.3 Å². The molecule has 0 spiro atoms. The fraction of sp³-hybridized carbons (Fsp3) is 1.00. The molecule has 1 N–H and O–H groups in total. The molecule has 2 atom stereocenters. The zero-order chi connectivity index (χ0) is 11.8. The first kappa shape index (κ1) is 12.3. The standard InChI is InChI=1S/C12H22FNO2/c1-10(2)16-9-12-4-3-5-14(12)7-11(13,6-12)8-15/h10,15H,3-9H2,1-2H3. The number of nitrogens with zero attached hydrogens (tertiary/aromatic N) is 1. The number of alkyl halides is 1. The summed E-state index contributed by atoms with van der Waals surface area (Å²) in [4.78, 5) is 2.17. The molecule has 0 aromatic rings. The van der Waals surface area contributed by atoms with Crippen molar-refractivity contribution in [3.05, 3.63) is 0 Å². The maximum atomic E-state index is 14.2. The molecule has 2 unspecified atom stereocenters. The van der Waals surface area contributed by atoms with Gasteiger partial charge in [0.1, 0.15) is 5.67 Å². The Morgan fingerprint density at radius 1 is 1.50 bits per heavy atom. The minimum absolute atomic E-state index is 0.151. The Labute approximate surface area is 96.6 Å². The van der Waals surface area contributed by atoms with E-state index >= 15 is 0 Å². The Kier molecular flexibility index (Phi) is 3.25. The molecule has 4 heteroatoms. The van der Waals surface area contributed by atoms with Gasteiger partial charge < -0.3 is 9.84 Å². The van der Waals surface area contributed by atoms with E-state index in [2.05, 4.69) is 4.90 Å². The Morgan fingerprint density at radius 2 is 2.25 bits per heavy atom. The lowest BCUT2D eigenvalue weighted by atomic mass is 9.89. The van der Waals surface area contributed by atoms with E-state index in [1.165, 1.54) is 0 Å². The normalized spacial score (nSPS) is 39.6. The average molecular weight is 231 g/mol. The van der Waals surface area contributed by atoms with E-state index in [9.17, 15) is 4.39 Å². The molecule has 2 aliphatic heterocycles. The molecule has 94 valence electrons. The molecule has 0 radical (unpaired) electrons. The quantitative estimate of drug-likeness (QED) is 0.792. The van der Waals surface area contributed by atoms with Crippen molar-refractivity contribution >= 4 is 0 Å². The fourth-order valence-corrected chi connectivity index (χ4v) is 3.07. The maximum absolute atomic E-state index is 14.2. The van der Waals surface area contributed by atoms with Crippen molar-refractivity contribution in [2.45, 2.75) is 50.4 Å². The van der Waals surface area contributed by atoms with Gasteiger partial charge >= 0.3 is 0 Å². The Morgan fingerprint density at radius 3 is 2.88 bits per heavy atom. The van der Waals surface area contributed by atoms with Crippen LogP contribution < -0.4 is 0 Å². The van der Waals surface area contributed by atoms with Crippen LogP contribution in [0.1, 0.15) is 33.1 Å². The SMILES string of the molecule is CC(C)OCC12CCCN1CC(F)(CO)C2. The van der Waals surface area contributed by atoms with Crippen LogP contribution in [0.3, 0.4) is 0 Å². The summed E-state index contributed by atoms with van der Waals surface area (Å²) >= 11 is 0. The lowest BCUT2D eigenvalue weighted by molar-refractivity contribution is 0.000834. The number of aliphatic hydroxyl groups is 1. The van der Waals surface area contributed by atoms with Gasteiger partial charge in [-0.05, 0) is 33.2 Å². The number of rotatable bonds is 4. The van der Waals surface area contributed by atoms with Crippen LogP contribution in [0.15, 0.2) is 0 Å². The van der Waals surface area contributed by atoms with Crippen LogP contribution in [-0.2, 0) is 4.74 Å². The molecule has 2 fully saturated rings. The minimum Gasteiger partial charge on any atom is -0.393 e. The average Bonchev–Trinajstić information content (AvgIpc) is 2.69. The van der Waals surface area contributed by atoms with E-state index in [1.54, 1.807) is 0 Å². The Hall–Kier alpha value is -0.190. The largest absolute Gasteiger partial charge is 0.393 e. The number of fused-ring (bicyclic) bond motifs is 1. The van der Waals surface area contributed by atoms with Crippen molar-refractivity contribution < 1.29 is 14.2 Å². The van der Waals surface area contributed by atoms with Crippen LogP contribution in [0.25, 0.3) is 0 Å². The molecule has 2 rings (SSSR count). The molecule has 2 saturated heterocycles. The second-order valence-corrected chi connectivity index (χ2v) is 5.59. The summed E-state index contributed by atoms with van der Waals surface area (Å²) < 4.78 is 19.9. The topological polar surface area (TPSA) is 32.7 Å². The van der Waals surface area contributed by atoms with E-state index in [4.69, 9.17) is 9.84 Å². The van der Waals surface area contributed by atoms with Crippen LogP contribution in [0.2, 0.25) is 0 Å². The predicted molar refractivity (Wildman–Crippen MR) is 60.2 cm³/mol. The summed E-state index contributed by atoms with van der Waals surface area (Å²) in [6, 6.07) is 0. The molecule has 0 saturated carbocycles. The fourth-order valence-electron chi connectivity index (χ4n) is 3.07. The van der Waals surface area contributed by atoms with Gasteiger partial charge in [-0.15, -0.1) is 0 Å². The predicted octanol–water partition coefficient (Wildman–Crippen LogP) is 1.35. The molecular weight excluding hydrogens is 209 g/mol. The second kappa shape index (κ2) is 4.24. The number of aliphatic hydroxyl groups excluding tert-OH is 1. The first-order valence-electron chi connectivity index (χ1n) is 6.16. The number of hydrogen-bond acceptors (Lipinski definition) is 3. The third-order valence-electron chi connectivity index (χ3n) is 3.83. The van der Waals surface area contributed by atoms with Gasteiger partial charge in [-0.2, -0.15) is 0 Å². The summed E-state index contributed by atoms with van der Waals surface area (Å²) in [7, 11) is 0. The van der Waals surface area contributed by atoms with Crippen LogP contribution >= 0.6 is 0 Å². The Balaban J connectivity index is 2.05. The van der Waals surface area contributed by atoms with Crippen LogP contribution in [-0.4, -0.2) is 53.6 Å². The molecule has 0 amide bonds. The first-order chi connectivity index (χ1) is 7.50. The first-order valence-corrected chi connectivity index (χ1v) is 6.16. The van der Waals surface area contributed by atoms with Gasteiger partial charge in [-0.3, -0.25) is 4.90 Å². The van der Waals surface area contributed by atoms with Crippen molar-refractivity contribution in [3.8, 4) is 0 Å². The highest BCUT2D eigenvalue weighted by molar-refractivity contribution is 5.09. The van der Waals surface area contributed by atoms with Gasteiger partial charge in [-0.1, -0.05) is 0 Å². The monoisotopic (exact) mass is 231 g/mol. The molecular formula is C12H22FNO2. The third-order valence-corrected chi connectivity index (χ3v) is 3.83. The van der Waals surface area contributed by atoms with Crippen molar-refractivity contribution in [2.24, 2.45) is 0 Å². The van der Waals surface area contributed by atoms with Crippen molar-refractivity contribution in [1.29, 1.82) is 0 Å². The lowest BCUT2D eigenvalue weighted by Gasteiger charge is -2.32. The van der Waals surface area contributed by atoms with Gasteiger partial charge in [-0.25, -0.2) is 4.39 Å². The van der Waals surface area contributed by atoms with E-state index in [0.29, 0.717) is 19.6 Å². The lowest BCUT2D eigenvalue weighted by Crippen LogP contribution is -2.43. The molecule has 16 heavy (non-hydrogen) atoms. The molecule has 0 aromatic carbocycles. The van der Waals surface area contributed by atoms with Crippen molar-refractivity contribution in [2.75, 3.05) is 26.3 Å². The maximum Gasteiger partial charge on any atom is 0.148 e. The van der Waals surface area contributed by atoms with E-state index in [0.717, 1.165) is 19.4 Å². The highest BCUT2D eigenvalue weighted by Gasteiger charge is 2.55. The van der Waals surface area contributed by atoms with Crippen molar-refractivity contribution in [1.82, 2.24) is 4.90 Å². The molecule has 3 nitrogen and oxygen atoms in total.